The van der Waals surface area contributed by atoms with Gasteiger partial charge in [-0.25, -0.2) is 17.8 Å². The van der Waals surface area contributed by atoms with Gasteiger partial charge in [-0.05, 0) is 62.1 Å². The van der Waals surface area contributed by atoms with E-state index in [0.717, 1.165) is 29.7 Å². The van der Waals surface area contributed by atoms with E-state index in [1.165, 1.54) is 27.8 Å². The van der Waals surface area contributed by atoms with E-state index in [9.17, 15) is 17.6 Å². The number of nitrogens with zero attached hydrogens (tertiary/aromatic N) is 3. The third-order valence-electron chi connectivity index (χ3n) is 6.83. The Morgan fingerprint density at radius 3 is 2.59 bits per heavy atom. The van der Waals surface area contributed by atoms with Crippen molar-refractivity contribution in [3.63, 3.8) is 0 Å². The number of methoxy groups -OCH3 is 1. The second-order valence-corrected chi connectivity index (χ2v) is 12.5. The van der Waals surface area contributed by atoms with Crippen LogP contribution in [-0.2, 0) is 19.6 Å². The number of fused-ring (bicyclic) bond motifs is 1. The molecule has 0 N–H and O–H groups in total. The standard InChI is InChI=1S/C25H27ClFN3O5S2/c1-34-21-9-8-20(26)23-22(21)28-25(36-23)30(15-18-3-2-14-35-18)24(31)16-10-12-29(13-11-16)37(32,33)19-6-4-17(27)5-7-19/h4-9,16,18H,2-3,10-15H2,1H3. The minimum Gasteiger partial charge on any atom is -0.494 e. The first kappa shape index (κ1) is 26.3. The fraction of sp³-hybridized carbons (Fsp3) is 0.440. The average Bonchev–Trinajstić information content (AvgIpc) is 3.58. The first-order chi connectivity index (χ1) is 17.8. The van der Waals surface area contributed by atoms with E-state index in [1.54, 1.807) is 24.1 Å². The van der Waals surface area contributed by atoms with Crippen LogP contribution in [0.1, 0.15) is 25.7 Å². The van der Waals surface area contributed by atoms with Crippen molar-refractivity contribution >= 4 is 54.2 Å². The van der Waals surface area contributed by atoms with Gasteiger partial charge >= 0.3 is 0 Å². The van der Waals surface area contributed by atoms with E-state index in [0.29, 0.717) is 47.4 Å². The molecular formula is C25H27ClFN3O5S2. The van der Waals surface area contributed by atoms with Crippen molar-refractivity contribution < 1.29 is 27.1 Å². The Bertz CT molecular complexity index is 1390. The largest absolute Gasteiger partial charge is 0.494 e. The molecule has 0 saturated carbocycles. The van der Waals surface area contributed by atoms with E-state index in [-0.39, 0.29) is 35.9 Å². The maximum absolute atomic E-state index is 13.8. The number of benzene rings is 2. The number of thiazole rings is 1. The SMILES string of the molecule is COc1ccc(Cl)c2sc(N(CC3CCCO3)C(=O)C3CCN(S(=O)(=O)c4ccc(F)cc4)CC3)nc12. The van der Waals surface area contributed by atoms with Crippen LogP contribution in [0.25, 0.3) is 10.2 Å². The fourth-order valence-corrected chi connectivity index (χ4v) is 7.54. The molecule has 2 aromatic carbocycles. The number of piperidine rings is 1. The van der Waals surface area contributed by atoms with Gasteiger partial charge in [0.25, 0.3) is 0 Å². The molecule has 0 spiro atoms. The highest BCUT2D eigenvalue weighted by Crippen LogP contribution is 2.40. The Morgan fingerprint density at radius 1 is 1.22 bits per heavy atom. The Balaban J connectivity index is 1.37. The van der Waals surface area contributed by atoms with Crippen LogP contribution in [0.15, 0.2) is 41.3 Å². The maximum atomic E-state index is 13.8. The summed E-state index contributed by atoms with van der Waals surface area (Å²) in [5.74, 6) is -0.400. The molecule has 12 heteroatoms. The number of sulfonamides is 1. The zero-order valence-electron chi connectivity index (χ0n) is 20.2. The maximum Gasteiger partial charge on any atom is 0.243 e. The van der Waals surface area contributed by atoms with Crippen LogP contribution >= 0.6 is 22.9 Å². The quantitative estimate of drug-likeness (QED) is 0.411. The summed E-state index contributed by atoms with van der Waals surface area (Å²) in [6.45, 7) is 1.42. The summed E-state index contributed by atoms with van der Waals surface area (Å²) in [5.41, 5.74) is 0.598. The van der Waals surface area contributed by atoms with E-state index in [1.807, 2.05) is 0 Å². The van der Waals surface area contributed by atoms with Gasteiger partial charge in [-0.3, -0.25) is 9.69 Å². The van der Waals surface area contributed by atoms with Crippen LogP contribution in [0.4, 0.5) is 9.52 Å². The number of carbonyl (C=O) groups excluding carboxylic acids is 1. The van der Waals surface area contributed by atoms with Gasteiger partial charge in [0.15, 0.2) is 5.13 Å². The molecule has 198 valence electrons. The topological polar surface area (TPSA) is 89.0 Å². The summed E-state index contributed by atoms with van der Waals surface area (Å²) in [5, 5.41) is 1.05. The summed E-state index contributed by atoms with van der Waals surface area (Å²) < 4.78 is 52.7. The third kappa shape index (κ3) is 5.33. The zero-order chi connectivity index (χ0) is 26.2. The first-order valence-corrected chi connectivity index (χ1v) is 14.7. The molecule has 0 radical (unpaired) electrons. The number of halogens is 2. The van der Waals surface area contributed by atoms with Crippen LogP contribution in [-0.4, -0.2) is 63.1 Å². The highest BCUT2D eigenvalue weighted by Gasteiger charge is 2.36. The molecule has 1 unspecified atom stereocenters. The van der Waals surface area contributed by atoms with Gasteiger partial charge in [-0.1, -0.05) is 22.9 Å². The normalized spacial score (nSPS) is 19.4. The number of ether oxygens (including phenoxy) is 2. The second-order valence-electron chi connectivity index (χ2n) is 9.14. The van der Waals surface area contributed by atoms with Gasteiger partial charge in [0.2, 0.25) is 15.9 Å². The van der Waals surface area contributed by atoms with Crippen LogP contribution in [0.2, 0.25) is 5.02 Å². The molecule has 2 fully saturated rings. The van der Waals surface area contributed by atoms with Crippen LogP contribution in [0.5, 0.6) is 5.75 Å². The Morgan fingerprint density at radius 2 is 1.95 bits per heavy atom. The first-order valence-electron chi connectivity index (χ1n) is 12.1. The predicted octanol–water partition coefficient (Wildman–Crippen LogP) is 4.71. The molecular weight excluding hydrogens is 541 g/mol. The van der Waals surface area contributed by atoms with Gasteiger partial charge in [0.1, 0.15) is 17.1 Å². The van der Waals surface area contributed by atoms with Crippen molar-refractivity contribution in [1.82, 2.24) is 9.29 Å². The Hall–Kier alpha value is -2.31. The lowest BCUT2D eigenvalue weighted by molar-refractivity contribution is -0.123. The van der Waals surface area contributed by atoms with E-state index in [4.69, 9.17) is 26.1 Å². The molecule has 37 heavy (non-hydrogen) atoms. The van der Waals surface area contributed by atoms with Crippen LogP contribution < -0.4 is 9.64 Å². The number of hydrogen-bond acceptors (Lipinski definition) is 7. The lowest BCUT2D eigenvalue weighted by Crippen LogP contribution is -2.46. The number of carbonyl (C=O) groups is 1. The monoisotopic (exact) mass is 567 g/mol. The fourth-order valence-electron chi connectivity index (χ4n) is 4.79. The molecule has 8 nitrogen and oxygen atoms in total. The molecule has 0 bridgehead atoms. The van der Waals surface area contributed by atoms with Gasteiger partial charge in [0, 0.05) is 25.6 Å². The molecule has 0 aliphatic carbocycles. The number of rotatable bonds is 7. The van der Waals surface area contributed by atoms with Crippen molar-refractivity contribution in [3.05, 3.63) is 47.2 Å². The summed E-state index contributed by atoms with van der Waals surface area (Å²) in [6, 6.07) is 8.28. The summed E-state index contributed by atoms with van der Waals surface area (Å²) in [6.07, 6.45) is 2.44. The Labute approximate surface area is 224 Å². The number of hydrogen-bond donors (Lipinski definition) is 0. The molecule has 3 aromatic rings. The van der Waals surface area contributed by atoms with E-state index in [2.05, 4.69) is 0 Å². The molecule has 1 atom stereocenters. The minimum atomic E-state index is -3.77. The molecule has 2 aliphatic heterocycles. The lowest BCUT2D eigenvalue weighted by Gasteiger charge is -2.33. The van der Waals surface area contributed by atoms with E-state index < -0.39 is 15.8 Å². The van der Waals surface area contributed by atoms with Crippen molar-refractivity contribution in [1.29, 1.82) is 0 Å². The highest BCUT2D eigenvalue weighted by molar-refractivity contribution is 7.89. The lowest BCUT2D eigenvalue weighted by atomic mass is 9.96. The van der Waals surface area contributed by atoms with Gasteiger partial charge < -0.3 is 9.47 Å². The van der Waals surface area contributed by atoms with Crippen LogP contribution in [0, 0.1) is 11.7 Å². The molecule has 2 aliphatic rings. The molecule has 2 saturated heterocycles. The molecule has 1 aromatic heterocycles. The van der Waals surface area contributed by atoms with Crippen molar-refractivity contribution in [2.45, 2.75) is 36.7 Å². The van der Waals surface area contributed by atoms with Gasteiger partial charge in [0.05, 0.1) is 34.4 Å². The minimum absolute atomic E-state index is 0.0407. The van der Waals surface area contributed by atoms with Crippen molar-refractivity contribution in [3.8, 4) is 5.75 Å². The summed E-state index contributed by atoms with van der Waals surface area (Å²) in [4.78, 5) is 20.3. The summed E-state index contributed by atoms with van der Waals surface area (Å²) in [7, 11) is -2.21. The van der Waals surface area contributed by atoms with Gasteiger partial charge in [-0.15, -0.1) is 0 Å². The molecule has 1 amide bonds. The Kier molecular flexibility index (Phi) is 7.69. The van der Waals surface area contributed by atoms with Crippen molar-refractivity contribution in [2.24, 2.45) is 5.92 Å². The van der Waals surface area contributed by atoms with Crippen LogP contribution in [0.3, 0.4) is 0 Å². The van der Waals surface area contributed by atoms with Gasteiger partial charge in [-0.2, -0.15) is 4.31 Å². The summed E-state index contributed by atoms with van der Waals surface area (Å²) >= 11 is 7.75. The second kappa shape index (κ2) is 10.8. The number of aromatic nitrogens is 1. The average molecular weight is 568 g/mol. The van der Waals surface area contributed by atoms with Crippen molar-refractivity contribution in [2.75, 3.05) is 38.3 Å². The molecule has 3 heterocycles. The predicted molar refractivity (Wildman–Crippen MR) is 140 cm³/mol. The van der Waals surface area contributed by atoms with E-state index >= 15 is 0 Å². The smallest absolute Gasteiger partial charge is 0.243 e. The third-order valence-corrected chi connectivity index (χ3v) is 10.3. The molecule has 5 rings (SSSR count). The number of amides is 1. The highest BCUT2D eigenvalue weighted by atomic mass is 35.5. The number of anilines is 1. The zero-order valence-corrected chi connectivity index (χ0v) is 22.6.